The molecule has 0 saturated carbocycles. The number of halogens is 1. The molecule has 1 fully saturated rings. The van der Waals surface area contributed by atoms with E-state index in [0.29, 0.717) is 12.1 Å². The standard InChI is InChI=1S/C9H13BrN2S/c1-6-9(12-5-4-11-6)7-2-3-8(10)13-7/h2-3,6,9,11-12H,4-5H2,1H3. The highest BCUT2D eigenvalue weighted by molar-refractivity contribution is 9.11. The van der Waals surface area contributed by atoms with Gasteiger partial charge in [-0.3, -0.25) is 0 Å². The molecule has 0 aromatic carbocycles. The fourth-order valence-electron chi connectivity index (χ4n) is 1.66. The zero-order valence-corrected chi connectivity index (χ0v) is 9.91. The molecule has 2 N–H and O–H groups in total. The van der Waals surface area contributed by atoms with Crippen molar-refractivity contribution in [2.75, 3.05) is 13.1 Å². The average Bonchev–Trinajstić information content (AvgIpc) is 2.53. The molecule has 1 aliphatic rings. The van der Waals surface area contributed by atoms with Crippen LogP contribution in [-0.4, -0.2) is 19.1 Å². The van der Waals surface area contributed by atoms with Crippen molar-refractivity contribution in [1.82, 2.24) is 10.6 Å². The molecule has 2 rings (SSSR count). The van der Waals surface area contributed by atoms with Gasteiger partial charge in [-0.1, -0.05) is 0 Å². The van der Waals surface area contributed by atoms with Crippen LogP contribution in [0, 0.1) is 0 Å². The van der Waals surface area contributed by atoms with Gasteiger partial charge < -0.3 is 10.6 Å². The highest BCUT2D eigenvalue weighted by Crippen LogP contribution is 2.29. The van der Waals surface area contributed by atoms with Gasteiger partial charge in [-0.25, -0.2) is 0 Å². The van der Waals surface area contributed by atoms with Crippen molar-refractivity contribution < 1.29 is 0 Å². The molecule has 2 unspecified atom stereocenters. The zero-order chi connectivity index (χ0) is 9.26. The lowest BCUT2D eigenvalue weighted by Gasteiger charge is -2.30. The van der Waals surface area contributed by atoms with Gasteiger partial charge >= 0.3 is 0 Å². The molecule has 0 bridgehead atoms. The van der Waals surface area contributed by atoms with E-state index in [9.17, 15) is 0 Å². The normalized spacial score (nSPS) is 29.1. The quantitative estimate of drug-likeness (QED) is 0.809. The third-order valence-electron chi connectivity index (χ3n) is 2.36. The number of rotatable bonds is 1. The Morgan fingerprint density at radius 1 is 1.38 bits per heavy atom. The van der Waals surface area contributed by atoms with Gasteiger partial charge in [0.25, 0.3) is 0 Å². The van der Waals surface area contributed by atoms with E-state index in [-0.39, 0.29) is 0 Å². The van der Waals surface area contributed by atoms with Crippen LogP contribution in [-0.2, 0) is 0 Å². The smallest absolute Gasteiger partial charge is 0.0702 e. The van der Waals surface area contributed by atoms with Crippen molar-refractivity contribution in [3.05, 3.63) is 20.8 Å². The largest absolute Gasteiger partial charge is 0.311 e. The summed E-state index contributed by atoms with van der Waals surface area (Å²) in [5.41, 5.74) is 0. The van der Waals surface area contributed by atoms with Gasteiger partial charge in [0.1, 0.15) is 0 Å². The van der Waals surface area contributed by atoms with Crippen LogP contribution in [0.15, 0.2) is 15.9 Å². The van der Waals surface area contributed by atoms with Crippen molar-refractivity contribution in [2.24, 2.45) is 0 Å². The maximum Gasteiger partial charge on any atom is 0.0702 e. The molecule has 1 aliphatic heterocycles. The summed E-state index contributed by atoms with van der Waals surface area (Å²) < 4.78 is 1.21. The van der Waals surface area contributed by atoms with Crippen LogP contribution in [0.5, 0.6) is 0 Å². The Labute approximate surface area is 90.9 Å². The summed E-state index contributed by atoms with van der Waals surface area (Å²) in [6.45, 7) is 4.36. The van der Waals surface area contributed by atoms with E-state index in [2.05, 4.69) is 45.6 Å². The molecule has 0 spiro atoms. The SMILES string of the molecule is CC1NCCNC1c1ccc(Br)s1. The molecule has 0 aliphatic carbocycles. The molecule has 1 aromatic heterocycles. The second kappa shape index (κ2) is 4.09. The van der Waals surface area contributed by atoms with Crippen molar-refractivity contribution in [1.29, 1.82) is 0 Å². The molecule has 13 heavy (non-hydrogen) atoms. The Kier molecular flexibility index (Phi) is 3.03. The zero-order valence-electron chi connectivity index (χ0n) is 7.51. The molecule has 4 heteroatoms. The first-order valence-corrected chi connectivity index (χ1v) is 6.10. The van der Waals surface area contributed by atoms with Crippen LogP contribution in [0.2, 0.25) is 0 Å². The Morgan fingerprint density at radius 3 is 2.77 bits per heavy atom. The predicted molar refractivity (Wildman–Crippen MR) is 60.2 cm³/mol. The van der Waals surface area contributed by atoms with Crippen molar-refractivity contribution in [2.45, 2.75) is 19.0 Å². The summed E-state index contributed by atoms with van der Waals surface area (Å²) in [6, 6.07) is 5.31. The molecule has 2 atom stereocenters. The van der Waals surface area contributed by atoms with E-state index in [1.807, 2.05) is 11.3 Å². The average molecular weight is 261 g/mol. The van der Waals surface area contributed by atoms with Crippen LogP contribution >= 0.6 is 27.3 Å². The first-order valence-electron chi connectivity index (χ1n) is 4.49. The fraction of sp³-hybridized carbons (Fsp3) is 0.556. The Morgan fingerprint density at radius 2 is 2.15 bits per heavy atom. The van der Waals surface area contributed by atoms with Crippen LogP contribution in [0.25, 0.3) is 0 Å². The van der Waals surface area contributed by atoms with Gasteiger partial charge in [-0.15, -0.1) is 11.3 Å². The van der Waals surface area contributed by atoms with Gasteiger partial charge in [0, 0.05) is 24.0 Å². The first-order chi connectivity index (χ1) is 6.27. The van der Waals surface area contributed by atoms with Crippen LogP contribution < -0.4 is 10.6 Å². The van der Waals surface area contributed by atoms with E-state index in [0.717, 1.165) is 13.1 Å². The van der Waals surface area contributed by atoms with E-state index < -0.39 is 0 Å². The molecule has 2 nitrogen and oxygen atoms in total. The maximum absolute atomic E-state index is 3.53. The lowest BCUT2D eigenvalue weighted by Crippen LogP contribution is -2.48. The van der Waals surface area contributed by atoms with Gasteiger partial charge in [-0.2, -0.15) is 0 Å². The molecular formula is C9H13BrN2S. The minimum Gasteiger partial charge on any atom is -0.311 e. The van der Waals surface area contributed by atoms with Gasteiger partial charge in [0.05, 0.1) is 9.83 Å². The second-order valence-corrected chi connectivity index (χ2v) is 5.81. The summed E-state index contributed by atoms with van der Waals surface area (Å²) in [5, 5.41) is 6.99. The number of piperazine rings is 1. The number of hydrogen-bond acceptors (Lipinski definition) is 3. The van der Waals surface area contributed by atoms with Gasteiger partial charge in [0.2, 0.25) is 0 Å². The third-order valence-corrected chi connectivity index (χ3v) is 4.06. The summed E-state index contributed by atoms with van der Waals surface area (Å²) in [7, 11) is 0. The number of hydrogen-bond donors (Lipinski definition) is 2. The van der Waals surface area contributed by atoms with Crippen LogP contribution in [0.1, 0.15) is 17.8 Å². The summed E-state index contributed by atoms with van der Waals surface area (Å²) in [6.07, 6.45) is 0. The van der Waals surface area contributed by atoms with E-state index in [4.69, 9.17) is 0 Å². The molecule has 1 saturated heterocycles. The lowest BCUT2D eigenvalue weighted by atomic mass is 10.1. The van der Waals surface area contributed by atoms with E-state index in [1.165, 1.54) is 8.66 Å². The highest BCUT2D eigenvalue weighted by Gasteiger charge is 2.22. The summed E-state index contributed by atoms with van der Waals surface area (Å²) in [4.78, 5) is 1.41. The third kappa shape index (κ3) is 2.13. The lowest BCUT2D eigenvalue weighted by molar-refractivity contribution is 0.349. The molecule has 72 valence electrons. The van der Waals surface area contributed by atoms with Crippen molar-refractivity contribution in [3.63, 3.8) is 0 Å². The topological polar surface area (TPSA) is 24.1 Å². The molecule has 2 heterocycles. The van der Waals surface area contributed by atoms with Crippen LogP contribution in [0.3, 0.4) is 0 Å². The summed E-state index contributed by atoms with van der Waals surface area (Å²) >= 11 is 5.30. The highest BCUT2D eigenvalue weighted by atomic mass is 79.9. The molecule has 1 aromatic rings. The van der Waals surface area contributed by atoms with E-state index in [1.54, 1.807) is 0 Å². The van der Waals surface area contributed by atoms with Crippen molar-refractivity contribution >= 4 is 27.3 Å². The van der Waals surface area contributed by atoms with Gasteiger partial charge in [0.15, 0.2) is 0 Å². The minimum absolute atomic E-state index is 0.477. The Balaban J connectivity index is 2.14. The van der Waals surface area contributed by atoms with Crippen LogP contribution in [0.4, 0.5) is 0 Å². The maximum atomic E-state index is 3.53. The second-order valence-electron chi connectivity index (χ2n) is 3.32. The molecule has 0 amide bonds. The first kappa shape index (κ1) is 9.65. The Hall–Kier alpha value is 0.1000. The van der Waals surface area contributed by atoms with Crippen molar-refractivity contribution in [3.8, 4) is 0 Å². The fourth-order valence-corrected chi connectivity index (χ4v) is 3.27. The minimum atomic E-state index is 0.477. The van der Waals surface area contributed by atoms with E-state index >= 15 is 0 Å². The van der Waals surface area contributed by atoms with Gasteiger partial charge in [-0.05, 0) is 35.0 Å². The Bertz CT molecular complexity index is 287. The predicted octanol–water partition coefficient (Wildman–Crippen LogP) is 2.13. The number of thiophene rings is 1. The number of nitrogens with one attached hydrogen (secondary N) is 2. The molecular weight excluding hydrogens is 248 g/mol. The molecule has 0 radical (unpaired) electrons. The summed E-state index contributed by atoms with van der Waals surface area (Å²) in [5.74, 6) is 0. The monoisotopic (exact) mass is 260 g/mol.